The van der Waals surface area contributed by atoms with Crippen molar-refractivity contribution in [2.24, 2.45) is 5.73 Å². The van der Waals surface area contributed by atoms with E-state index < -0.39 is 0 Å². The Hall–Kier alpha value is -1.68. The zero-order chi connectivity index (χ0) is 9.26. The van der Waals surface area contributed by atoms with Crippen molar-refractivity contribution in [1.29, 1.82) is 0 Å². The minimum Gasteiger partial charge on any atom is -0.312 e. The van der Waals surface area contributed by atoms with E-state index in [1.165, 1.54) is 4.68 Å². The van der Waals surface area contributed by atoms with Crippen LogP contribution in [0.2, 0.25) is 0 Å². The Bertz CT molecular complexity index is 489. The molecule has 0 aliphatic heterocycles. The molecule has 0 aliphatic rings. The molecule has 0 atom stereocenters. The second kappa shape index (κ2) is 2.99. The Kier molecular flexibility index (Phi) is 1.83. The fourth-order valence-corrected chi connectivity index (χ4v) is 1.26. The molecule has 4 nitrogen and oxygen atoms in total. The maximum Gasteiger partial charge on any atom is 0.275 e. The van der Waals surface area contributed by atoms with Crippen LogP contribution in [-0.4, -0.2) is 9.78 Å². The summed E-state index contributed by atoms with van der Waals surface area (Å²) in [6.07, 6.45) is 1.64. The summed E-state index contributed by atoms with van der Waals surface area (Å²) in [4.78, 5) is 11.6. The molecule has 0 spiro atoms. The van der Waals surface area contributed by atoms with Gasteiger partial charge in [0.05, 0.1) is 18.3 Å². The van der Waals surface area contributed by atoms with Crippen LogP contribution in [-0.2, 0) is 6.67 Å². The van der Waals surface area contributed by atoms with Crippen molar-refractivity contribution in [2.45, 2.75) is 6.67 Å². The first-order valence-corrected chi connectivity index (χ1v) is 3.98. The Labute approximate surface area is 74.6 Å². The van der Waals surface area contributed by atoms with Crippen molar-refractivity contribution >= 4 is 10.8 Å². The number of benzene rings is 1. The zero-order valence-corrected chi connectivity index (χ0v) is 6.97. The van der Waals surface area contributed by atoms with Gasteiger partial charge >= 0.3 is 0 Å². The third-order valence-electron chi connectivity index (χ3n) is 1.93. The molecule has 0 radical (unpaired) electrons. The van der Waals surface area contributed by atoms with Gasteiger partial charge in [-0.1, -0.05) is 18.2 Å². The van der Waals surface area contributed by atoms with Gasteiger partial charge in [-0.05, 0) is 6.07 Å². The molecule has 0 saturated carbocycles. The Morgan fingerprint density at radius 1 is 1.38 bits per heavy atom. The molecule has 0 fully saturated rings. The molecule has 0 aliphatic carbocycles. The van der Waals surface area contributed by atoms with Gasteiger partial charge < -0.3 is 5.73 Å². The van der Waals surface area contributed by atoms with E-state index in [-0.39, 0.29) is 12.2 Å². The molecule has 0 bridgehead atoms. The van der Waals surface area contributed by atoms with Crippen LogP contribution in [0.3, 0.4) is 0 Å². The fraction of sp³-hybridized carbons (Fsp3) is 0.111. The van der Waals surface area contributed by atoms with Gasteiger partial charge in [0, 0.05) is 5.39 Å². The lowest BCUT2D eigenvalue weighted by atomic mass is 10.2. The summed E-state index contributed by atoms with van der Waals surface area (Å²) in [6, 6.07) is 7.32. The molecule has 0 unspecified atom stereocenters. The first-order valence-electron chi connectivity index (χ1n) is 3.98. The molecule has 66 valence electrons. The molecule has 1 aromatic heterocycles. The molecule has 2 rings (SSSR count). The molecule has 2 aromatic rings. The average molecular weight is 175 g/mol. The van der Waals surface area contributed by atoms with Crippen molar-refractivity contribution in [3.63, 3.8) is 0 Å². The number of hydrogen-bond acceptors (Lipinski definition) is 3. The van der Waals surface area contributed by atoms with Crippen LogP contribution in [0.25, 0.3) is 10.8 Å². The van der Waals surface area contributed by atoms with E-state index in [9.17, 15) is 4.79 Å². The topological polar surface area (TPSA) is 60.9 Å². The van der Waals surface area contributed by atoms with Gasteiger partial charge in [-0.3, -0.25) is 4.79 Å². The molecule has 2 N–H and O–H groups in total. The third kappa shape index (κ3) is 1.21. The van der Waals surface area contributed by atoms with Gasteiger partial charge in [0.2, 0.25) is 0 Å². The van der Waals surface area contributed by atoms with Crippen LogP contribution >= 0.6 is 0 Å². The Balaban J connectivity index is 2.87. The number of hydrogen-bond donors (Lipinski definition) is 1. The number of nitrogens with two attached hydrogens (primary N) is 1. The van der Waals surface area contributed by atoms with E-state index in [2.05, 4.69) is 5.10 Å². The van der Waals surface area contributed by atoms with E-state index >= 15 is 0 Å². The smallest absolute Gasteiger partial charge is 0.275 e. The minimum absolute atomic E-state index is 0.115. The standard InChI is InChI=1S/C9H9N3O/c10-6-12-9(13)8-4-2-1-3-7(8)5-11-12/h1-5H,6,10H2. The summed E-state index contributed by atoms with van der Waals surface area (Å²) >= 11 is 0. The summed E-state index contributed by atoms with van der Waals surface area (Å²) in [5.74, 6) is 0. The Morgan fingerprint density at radius 2 is 2.15 bits per heavy atom. The second-order valence-electron chi connectivity index (χ2n) is 2.72. The highest BCUT2D eigenvalue weighted by Gasteiger charge is 2.00. The van der Waals surface area contributed by atoms with Crippen molar-refractivity contribution in [3.8, 4) is 0 Å². The van der Waals surface area contributed by atoms with Gasteiger partial charge in [0.1, 0.15) is 0 Å². The summed E-state index contributed by atoms with van der Waals surface area (Å²) in [5, 5.41) is 5.40. The molecule has 1 heterocycles. The van der Waals surface area contributed by atoms with Gasteiger partial charge in [-0.25, -0.2) is 4.68 Å². The van der Waals surface area contributed by atoms with E-state index in [4.69, 9.17) is 5.73 Å². The van der Waals surface area contributed by atoms with E-state index in [1.807, 2.05) is 18.2 Å². The average Bonchev–Trinajstić information content (AvgIpc) is 2.19. The molecular formula is C9H9N3O. The van der Waals surface area contributed by atoms with Crippen molar-refractivity contribution < 1.29 is 0 Å². The molecule has 4 heteroatoms. The highest BCUT2D eigenvalue weighted by Crippen LogP contribution is 2.05. The summed E-state index contributed by atoms with van der Waals surface area (Å²) in [6.45, 7) is 0.115. The number of nitrogens with zero attached hydrogens (tertiary/aromatic N) is 2. The van der Waals surface area contributed by atoms with Crippen LogP contribution in [0.4, 0.5) is 0 Å². The number of fused-ring (bicyclic) bond motifs is 1. The predicted octanol–water partition coefficient (Wildman–Crippen LogP) is 0.313. The molecular weight excluding hydrogens is 166 g/mol. The summed E-state index contributed by atoms with van der Waals surface area (Å²) < 4.78 is 1.24. The first kappa shape index (κ1) is 7.94. The van der Waals surface area contributed by atoms with E-state index in [0.29, 0.717) is 5.39 Å². The lowest BCUT2D eigenvalue weighted by Crippen LogP contribution is -2.26. The number of rotatable bonds is 1. The van der Waals surface area contributed by atoms with Gasteiger partial charge in [-0.15, -0.1) is 0 Å². The first-order chi connectivity index (χ1) is 6.33. The highest BCUT2D eigenvalue weighted by atomic mass is 16.1. The maximum absolute atomic E-state index is 11.6. The normalized spacial score (nSPS) is 10.5. The van der Waals surface area contributed by atoms with E-state index in [1.54, 1.807) is 12.3 Å². The second-order valence-corrected chi connectivity index (χ2v) is 2.72. The summed E-state index contributed by atoms with van der Waals surface area (Å²) in [5.41, 5.74) is 5.20. The van der Waals surface area contributed by atoms with Gasteiger partial charge in [0.15, 0.2) is 0 Å². The lowest BCUT2D eigenvalue weighted by molar-refractivity contribution is 0.604. The molecule has 0 amide bonds. The SMILES string of the molecule is NCn1ncc2ccccc2c1=O. The van der Waals surface area contributed by atoms with Crippen molar-refractivity contribution in [1.82, 2.24) is 9.78 Å². The monoisotopic (exact) mass is 175 g/mol. The van der Waals surface area contributed by atoms with Crippen molar-refractivity contribution in [2.75, 3.05) is 0 Å². The molecule has 0 saturated heterocycles. The fourth-order valence-electron chi connectivity index (χ4n) is 1.26. The minimum atomic E-state index is -0.138. The van der Waals surface area contributed by atoms with Crippen LogP contribution in [0.5, 0.6) is 0 Å². The maximum atomic E-state index is 11.6. The lowest BCUT2D eigenvalue weighted by Gasteiger charge is -2.01. The third-order valence-corrected chi connectivity index (χ3v) is 1.93. The van der Waals surface area contributed by atoms with Crippen LogP contribution in [0.1, 0.15) is 0 Å². The van der Waals surface area contributed by atoms with Gasteiger partial charge in [-0.2, -0.15) is 5.10 Å². The summed E-state index contributed by atoms with van der Waals surface area (Å²) in [7, 11) is 0. The van der Waals surface area contributed by atoms with Crippen LogP contribution < -0.4 is 11.3 Å². The quantitative estimate of drug-likeness (QED) is 0.678. The van der Waals surface area contributed by atoms with Crippen molar-refractivity contribution in [3.05, 3.63) is 40.8 Å². The largest absolute Gasteiger partial charge is 0.312 e. The number of aromatic nitrogens is 2. The molecule has 1 aromatic carbocycles. The van der Waals surface area contributed by atoms with E-state index in [0.717, 1.165) is 5.39 Å². The Morgan fingerprint density at radius 3 is 2.92 bits per heavy atom. The van der Waals surface area contributed by atoms with Crippen LogP contribution in [0, 0.1) is 0 Å². The highest BCUT2D eigenvalue weighted by molar-refractivity contribution is 5.80. The zero-order valence-electron chi connectivity index (χ0n) is 6.97. The van der Waals surface area contributed by atoms with Gasteiger partial charge in [0.25, 0.3) is 5.56 Å². The van der Waals surface area contributed by atoms with Crippen LogP contribution in [0.15, 0.2) is 35.3 Å². The predicted molar refractivity (Wildman–Crippen MR) is 50.2 cm³/mol. The molecule has 13 heavy (non-hydrogen) atoms.